The molecule has 1 atom stereocenters. The van der Waals surface area contributed by atoms with E-state index in [1.165, 1.54) is 7.11 Å². The molecule has 8 nitrogen and oxygen atoms in total. The number of benzene rings is 1. The number of ether oxygens (including phenoxy) is 2. The molecule has 1 saturated heterocycles. The summed E-state index contributed by atoms with van der Waals surface area (Å²) >= 11 is 1.14. The number of hydrogen-bond acceptors (Lipinski definition) is 9. The third-order valence-corrected chi connectivity index (χ3v) is 6.93. The number of aromatic nitrogens is 2. The van der Waals surface area contributed by atoms with Crippen LogP contribution in [0.5, 0.6) is 11.5 Å². The Labute approximate surface area is 161 Å². The molecule has 10 heteroatoms. The average Bonchev–Trinajstić information content (AvgIpc) is 3.24. The van der Waals surface area contributed by atoms with Crippen LogP contribution >= 0.6 is 11.8 Å². The molecule has 3 rings (SSSR count). The molecule has 2 heterocycles. The molecule has 146 valence electrons. The number of Topliss-reactive ketones (excluding diaryl/α,β-unsaturated/α-hetero) is 1. The minimum Gasteiger partial charge on any atom is -0.497 e. The first kappa shape index (κ1) is 19.7. The van der Waals surface area contributed by atoms with Gasteiger partial charge in [-0.25, -0.2) is 8.42 Å². The smallest absolute Gasteiger partial charge is 0.277 e. The summed E-state index contributed by atoms with van der Waals surface area (Å²) in [5.41, 5.74) is 0.446. The Morgan fingerprint density at radius 2 is 2.11 bits per heavy atom. The van der Waals surface area contributed by atoms with E-state index in [4.69, 9.17) is 13.9 Å². The van der Waals surface area contributed by atoms with Crippen molar-refractivity contribution >= 4 is 27.4 Å². The summed E-state index contributed by atoms with van der Waals surface area (Å²) in [5, 5.41) is 8.16. The summed E-state index contributed by atoms with van der Waals surface area (Å²) < 4.78 is 38.9. The minimum absolute atomic E-state index is 0.0125. The highest BCUT2D eigenvalue weighted by Gasteiger charge is 2.29. The van der Waals surface area contributed by atoms with Crippen LogP contribution in [0, 0.1) is 5.92 Å². The van der Waals surface area contributed by atoms with Gasteiger partial charge in [-0.1, -0.05) is 11.8 Å². The van der Waals surface area contributed by atoms with Crippen LogP contribution in [0.1, 0.15) is 22.7 Å². The topological polar surface area (TPSA) is 109 Å². The quantitative estimate of drug-likeness (QED) is 0.475. The number of methoxy groups -OCH3 is 2. The second kappa shape index (κ2) is 8.30. The molecule has 1 aliphatic rings. The molecule has 0 saturated carbocycles. The molecular weight excluding hydrogens is 392 g/mol. The van der Waals surface area contributed by atoms with E-state index >= 15 is 0 Å². The van der Waals surface area contributed by atoms with Crippen molar-refractivity contribution in [2.24, 2.45) is 5.92 Å². The maximum Gasteiger partial charge on any atom is 0.277 e. The number of ketones is 1. The fourth-order valence-corrected chi connectivity index (χ4v) is 5.42. The van der Waals surface area contributed by atoms with Crippen molar-refractivity contribution < 1.29 is 27.1 Å². The van der Waals surface area contributed by atoms with Gasteiger partial charge in [0.15, 0.2) is 15.6 Å². The van der Waals surface area contributed by atoms with Gasteiger partial charge < -0.3 is 13.9 Å². The van der Waals surface area contributed by atoms with Crippen LogP contribution in [0.25, 0.3) is 0 Å². The van der Waals surface area contributed by atoms with Gasteiger partial charge in [0.2, 0.25) is 5.89 Å². The molecule has 27 heavy (non-hydrogen) atoms. The van der Waals surface area contributed by atoms with Crippen LogP contribution in [-0.4, -0.2) is 55.9 Å². The summed E-state index contributed by atoms with van der Waals surface area (Å²) in [6.07, 6.45) is 1.05. The summed E-state index contributed by atoms with van der Waals surface area (Å²) in [6, 6.07) is 5.00. The van der Waals surface area contributed by atoms with Crippen molar-refractivity contribution in [2.75, 3.05) is 31.5 Å². The second-order valence-corrected chi connectivity index (χ2v) is 9.37. The molecule has 1 aromatic carbocycles. The van der Waals surface area contributed by atoms with Crippen molar-refractivity contribution in [1.29, 1.82) is 0 Å². The van der Waals surface area contributed by atoms with Gasteiger partial charge in [-0.15, -0.1) is 10.2 Å². The summed E-state index contributed by atoms with van der Waals surface area (Å²) in [7, 11) is 0.101. The lowest BCUT2D eigenvalue weighted by atomic mass is 10.1. The molecule has 0 amide bonds. The van der Waals surface area contributed by atoms with Gasteiger partial charge in [0.25, 0.3) is 5.22 Å². The van der Waals surface area contributed by atoms with Gasteiger partial charge >= 0.3 is 0 Å². The number of nitrogens with zero attached hydrogens (tertiary/aromatic N) is 2. The van der Waals surface area contributed by atoms with Crippen LogP contribution in [0.3, 0.4) is 0 Å². The molecule has 1 aliphatic heterocycles. The Kier molecular flexibility index (Phi) is 6.05. The first-order valence-electron chi connectivity index (χ1n) is 8.31. The van der Waals surface area contributed by atoms with Gasteiger partial charge in [-0.05, 0) is 24.5 Å². The van der Waals surface area contributed by atoms with E-state index in [-0.39, 0.29) is 34.2 Å². The lowest BCUT2D eigenvalue weighted by Gasteiger charge is -2.08. The summed E-state index contributed by atoms with van der Waals surface area (Å²) in [5.74, 6) is 1.80. The molecule has 1 fully saturated rings. The maximum absolute atomic E-state index is 12.5. The minimum atomic E-state index is -2.93. The first-order chi connectivity index (χ1) is 12.9. The zero-order valence-corrected chi connectivity index (χ0v) is 16.6. The van der Waals surface area contributed by atoms with Crippen molar-refractivity contribution in [1.82, 2.24) is 10.2 Å². The van der Waals surface area contributed by atoms with Crippen molar-refractivity contribution in [3.8, 4) is 11.5 Å². The molecule has 1 aromatic heterocycles. The van der Waals surface area contributed by atoms with E-state index < -0.39 is 9.84 Å². The SMILES string of the molecule is COc1ccc(C(=O)CSc2nnc(C[C@H]3CCS(=O)(=O)C3)o2)c(OC)c1. The van der Waals surface area contributed by atoms with E-state index in [1.54, 1.807) is 25.3 Å². The number of hydrogen-bond donors (Lipinski definition) is 0. The third kappa shape index (κ3) is 5.01. The van der Waals surface area contributed by atoms with Crippen LogP contribution in [-0.2, 0) is 16.3 Å². The number of carbonyl (C=O) groups is 1. The normalized spacial score (nSPS) is 18.4. The number of carbonyl (C=O) groups excluding carboxylic acids is 1. The molecule has 0 bridgehead atoms. The largest absolute Gasteiger partial charge is 0.497 e. The number of thioether (sulfide) groups is 1. The zero-order valence-electron chi connectivity index (χ0n) is 15.0. The third-order valence-electron chi connectivity index (χ3n) is 4.27. The van der Waals surface area contributed by atoms with Crippen molar-refractivity contribution in [2.45, 2.75) is 18.1 Å². The van der Waals surface area contributed by atoms with Gasteiger partial charge in [0.05, 0.1) is 37.0 Å². The molecular formula is C17H20N2O6S2. The van der Waals surface area contributed by atoms with Crippen molar-refractivity contribution in [3.05, 3.63) is 29.7 Å². The highest BCUT2D eigenvalue weighted by atomic mass is 32.2. The predicted octanol–water partition coefficient (Wildman–Crippen LogP) is 2.04. The van der Waals surface area contributed by atoms with Gasteiger partial charge in [0.1, 0.15) is 11.5 Å². The monoisotopic (exact) mass is 412 g/mol. The lowest BCUT2D eigenvalue weighted by Crippen LogP contribution is -2.07. The van der Waals surface area contributed by atoms with E-state index in [0.29, 0.717) is 35.8 Å². The molecule has 0 N–H and O–H groups in total. The van der Waals surface area contributed by atoms with Gasteiger partial charge in [-0.3, -0.25) is 4.79 Å². The molecule has 0 radical (unpaired) electrons. The fraction of sp³-hybridized carbons (Fsp3) is 0.471. The second-order valence-electron chi connectivity index (χ2n) is 6.21. The van der Waals surface area contributed by atoms with E-state index in [1.807, 2.05) is 0 Å². The number of rotatable bonds is 8. The summed E-state index contributed by atoms with van der Waals surface area (Å²) in [6.45, 7) is 0. The van der Waals surface area contributed by atoms with Gasteiger partial charge in [-0.2, -0.15) is 0 Å². The molecule has 0 aliphatic carbocycles. The first-order valence-corrected chi connectivity index (χ1v) is 11.1. The Morgan fingerprint density at radius 1 is 1.30 bits per heavy atom. The maximum atomic E-state index is 12.5. The number of sulfone groups is 1. The molecule has 2 aromatic rings. The van der Waals surface area contributed by atoms with Crippen LogP contribution in [0.15, 0.2) is 27.8 Å². The van der Waals surface area contributed by atoms with E-state index in [2.05, 4.69) is 10.2 Å². The van der Waals surface area contributed by atoms with E-state index in [9.17, 15) is 13.2 Å². The predicted molar refractivity (Wildman–Crippen MR) is 99.4 cm³/mol. The van der Waals surface area contributed by atoms with Gasteiger partial charge in [0, 0.05) is 12.5 Å². The van der Waals surface area contributed by atoms with Crippen LogP contribution < -0.4 is 9.47 Å². The Hall–Kier alpha value is -2.07. The Balaban J connectivity index is 1.58. The highest BCUT2D eigenvalue weighted by Crippen LogP contribution is 2.28. The average molecular weight is 412 g/mol. The molecule has 0 spiro atoms. The standard InChI is InChI=1S/C17H20N2O6S2/c1-23-12-3-4-13(15(8-12)24-2)14(20)9-26-17-19-18-16(25-17)7-11-5-6-27(21,22)10-11/h3-4,8,11H,5-7,9-10H2,1-2H3/t11-/m1/s1. The highest BCUT2D eigenvalue weighted by molar-refractivity contribution is 7.99. The fourth-order valence-electron chi connectivity index (χ4n) is 2.89. The lowest BCUT2D eigenvalue weighted by molar-refractivity contribution is 0.101. The van der Waals surface area contributed by atoms with Crippen LogP contribution in [0.2, 0.25) is 0 Å². The van der Waals surface area contributed by atoms with Crippen molar-refractivity contribution in [3.63, 3.8) is 0 Å². The zero-order chi connectivity index (χ0) is 19.4. The Morgan fingerprint density at radius 3 is 2.78 bits per heavy atom. The molecule has 0 unspecified atom stereocenters. The Bertz CT molecular complexity index is 925. The van der Waals surface area contributed by atoms with Crippen LogP contribution in [0.4, 0.5) is 0 Å². The summed E-state index contributed by atoms with van der Waals surface area (Å²) in [4.78, 5) is 12.5. The van der Waals surface area contributed by atoms with E-state index in [0.717, 1.165) is 11.8 Å².